The summed E-state index contributed by atoms with van der Waals surface area (Å²) in [5.74, 6) is 0.625. The topological polar surface area (TPSA) is 35.2 Å². The van der Waals surface area contributed by atoms with Gasteiger partial charge in [0.05, 0.1) is 5.02 Å². The van der Waals surface area contributed by atoms with Crippen LogP contribution in [0.3, 0.4) is 0 Å². The maximum absolute atomic E-state index is 6.14. The van der Waals surface area contributed by atoms with Crippen LogP contribution in [0.1, 0.15) is 11.7 Å². The molecule has 0 bridgehead atoms. The molecule has 2 rings (SSSR count). The Kier molecular flexibility index (Phi) is 5.28. The zero-order valence-electron chi connectivity index (χ0n) is 9.95. The van der Waals surface area contributed by atoms with Crippen molar-refractivity contribution in [2.45, 2.75) is 6.10 Å². The Morgan fingerprint density at radius 1 is 1.11 bits per heavy atom. The fourth-order valence-electron chi connectivity index (χ4n) is 1.68. The lowest BCUT2D eigenvalue weighted by Gasteiger charge is -2.19. The number of hydrogen-bond donors (Lipinski definition) is 1. The monoisotopic (exact) mass is 403 g/mol. The highest BCUT2D eigenvalue weighted by Crippen LogP contribution is 2.31. The van der Waals surface area contributed by atoms with Crippen LogP contribution in [-0.4, -0.2) is 6.54 Å². The van der Waals surface area contributed by atoms with Crippen LogP contribution >= 0.6 is 43.5 Å². The molecule has 2 nitrogen and oxygen atoms in total. The van der Waals surface area contributed by atoms with Crippen molar-refractivity contribution in [2.75, 3.05) is 6.54 Å². The Labute approximate surface area is 134 Å². The number of rotatable bonds is 4. The zero-order valence-corrected chi connectivity index (χ0v) is 13.9. The van der Waals surface area contributed by atoms with Crippen molar-refractivity contribution in [3.8, 4) is 5.75 Å². The number of halogens is 3. The standard InChI is InChI=1S/C14H12Br2ClNO/c15-10-3-1-2-9(6-10)14(8-18)19-13-5-4-11(16)7-12(13)17/h1-7,14H,8,18H2. The Morgan fingerprint density at radius 2 is 1.84 bits per heavy atom. The molecule has 0 heterocycles. The van der Waals surface area contributed by atoms with E-state index in [1.54, 1.807) is 6.07 Å². The van der Waals surface area contributed by atoms with E-state index in [-0.39, 0.29) is 6.10 Å². The van der Waals surface area contributed by atoms with Gasteiger partial charge < -0.3 is 10.5 Å². The van der Waals surface area contributed by atoms with Gasteiger partial charge in [-0.2, -0.15) is 0 Å². The molecule has 100 valence electrons. The zero-order chi connectivity index (χ0) is 13.8. The fraction of sp³-hybridized carbons (Fsp3) is 0.143. The molecule has 0 spiro atoms. The molecule has 5 heteroatoms. The van der Waals surface area contributed by atoms with E-state index in [1.807, 2.05) is 36.4 Å². The summed E-state index contributed by atoms with van der Waals surface area (Å²) in [6.45, 7) is 0.378. The van der Waals surface area contributed by atoms with Crippen molar-refractivity contribution in [1.82, 2.24) is 0 Å². The number of nitrogens with two attached hydrogens (primary N) is 1. The van der Waals surface area contributed by atoms with Crippen molar-refractivity contribution in [3.63, 3.8) is 0 Å². The van der Waals surface area contributed by atoms with Gasteiger partial charge in [0.1, 0.15) is 11.9 Å². The molecule has 0 saturated heterocycles. The van der Waals surface area contributed by atoms with Gasteiger partial charge in [-0.25, -0.2) is 0 Å². The first-order valence-corrected chi connectivity index (χ1v) is 7.64. The molecule has 0 aliphatic carbocycles. The number of hydrogen-bond acceptors (Lipinski definition) is 2. The van der Waals surface area contributed by atoms with Gasteiger partial charge in [-0.15, -0.1) is 0 Å². The van der Waals surface area contributed by atoms with E-state index in [4.69, 9.17) is 22.1 Å². The molecule has 0 radical (unpaired) electrons. The highest BCUT2D eigenvalue weighted by atomic mass is 79.9. The molecule has 2 N–H and O–H groups in total. The predicted octanol–water partition coefficient (Wildman–Crippen LogP) is 4.94. The second-order valence-corrected chi connectivity index (χ2v) is 6.21. The van der Waals surface area contributed by atoms with E-state index in [9.17, 15) is 0 Å². The summed E-state index contributed by atoms with van der Waals surface area (Å²) in [5, 5.41) is 0.558. The third-order valence-corrected chi connectivity index (χ3v) is 3.88. The van der Waals surface area contributed by atoms with E-state index in [1.165, 1.54) is 0 Å². The molecule has 0 aromatic heterocycles. The summed E-state index contributed by atoms with van der Waals surface area (Å²) in [4.78, 5) is 0. The molecule has 2 aromatic carbocycles. The highest BCUT2D eigenvalue weighted by molar-refractivity contribution is 9.10. The molecule has 0 aliphatic rings. The molecule has 0 aliphatic heterocycles. The first-order valence-electron chi connectivity index (χ1n) is 5.67. The third-order valence-electron chi connectivity index (χ3n) is 2.60. The van der Waals surface area contributed by atoms with Gasteiger partial charge in [0.2, 0.25) is 0 Å². The van der Waals surface area contributed by atoms with Crippen LogP contribution < -0.4 is 10.5 Å². The summed E-state index contributed by atoms with van der Waals surface area (Å²) in [6.07, 6.45) is -0.226. The third kappa shape index (κ3) is 3.96. The van der Waals surface area contributed by atoms with Crippen molar-refractivity contribution < 1.29 is 4.74 Å². The molecule has 0 saturated carbocycles. The van der Waals surface area contributed by atoms with Gasteiger partial charge in [-0.3, -0.25) is 0 Å². The first-order chi connectivity index (χ1) is 9.10. The van der Waals surface area contributed by atoms with Gasteiger partial charge in [0.15, 0.2) is 0 Å². The lowest BCUT2D eigenvalue weighted by Crippen LogP contribution is -2.18. The highest BCUT2D eigenvalue weighted by Gasteiger charge is 2.13. The average molecular weight is 406 g/mol. The van der Waals surface area contributed by atoms with E-state index >= 15 is 0 Å². The van der Waals surface area contributed by atoms with Crippen molar-refractivity contribution in [3.05, 3.63) is 62.0 Å². The lowest BCUT2D eigenvalue weighted by molar-refractivity contribution is 0.214. The molecule has 0 fully saturated rings. The Hall–Kier alpha value is -0.550. The summed E-state index contributed by atoms with van der Waals surface area (Å²) in [5.41, 5.74) is 6.80. The SMILES string of the molecule is NCC(Oc1ccc(Br)cc1Cl)c1cccc(Br)c1. The summed E-state index contributed by atoms with van der Waals surface area (Å²) < 4.78 is 7.80. The largest absolute Gasteiger partial charge is 0.483 e. The maximum atomic E-state index is 6.14. The van der Waals surface area contributed by atoms with Crippen LogP contribution in [0.4, 0.5) is 0 Å². The Morgan fingerprint density at radius 3 is 2.47 bits per heavy atom. The van der Waals surface area contributed by atoms with Gasteiger partial charge >= 0.3 is 0 Å². The molecular weight excluding hydrogens is 393 g/mol. The minimum Gasteiger partial charge on any atom is -0.483 e. The van der Waals surface area contributed by atoms with E-state index in [0.29, 0.717) is 17.3 Å². The van der Waals surface area contributed by atoms with Gasteiger partial charge in [-0.05, 0) is 35.9 Å². The number of ether oxygens (including phenoxy) is 1. The van der Waals surface area contributed by atoms with Crippen LogP contribution in [-0.2, 0) is 0 Å². The molecule has 19 heavy (non-hydrogen) atoms. The minimum atomic E-state index is -0.226. The number of benzene rings is 2. The Bertz CT molecular complexity index is 577. The summed E-state index contributed by atoms with van der Waals surface area (Å²) >= 11 is 12.9. The van der Waals surface area contributed by atoms with Crippen molar-refractivity contribution in [2.24, 2.45) is 5.73 Å². The Balaban J connectivity index is 2.24. The first kappa shape index (κ1) is 14.9. The van der Waals surface area contributed by atoms with Gasteiger partial charge in [-0.1, -0.05) is 55.6 Å². The fourth-order valence-corrected chi connectivity index (χ4v) is 2.82. The predicted molar refractivity (Wildman–Crippen MR) is 85.7 cm³/mol. The normalized spacial score (nSPS) is 12.2. The quantitative estimate of drug-likeness (QED) is 0.782. The van der Waals surface area contributed by atoms with Crippen molar-refractivity contribution >= 4 is 43.5 Å². The summed E-state index contributed by atoms with van der Waals surface area (Å²) in [7, 11) is 0. The second-order valence-electron chi connectivity index (χ2n) is 3.97. The van der Waals surface area contributed by atoms with Crippen LogP contribution in [0.25, 0.3) is 0 Å². The molecule has 1 atom stereocenters. The molecular formula is C14H12Br2ClNO. The van der Waals surface area contributed by atoms with E-state index in [2.05, 4.69) is 31.9 Å². The second kappa shape index (κ2) is 6.75. The minimum absolute atomic E-state index is 0.226. The van der Waals surface area contributed by atoms with E-state index < -0.39 is 0 Å². The van der Waals surface area contributed by atoms with Crippen LogP contribution in [0.5, 0.6) is 5.75 Å². The molecule has 0 amide bonds. The molecule has 2 aromatic rings. The molecule has 1 unspecified atom stereocenters. The summed E-state index contributed by atoms with van der Waals surface area (Å²) in [6, 6.07) is 13.4. The van der Waals surface area contributed by atoms with Gasteiger partial charge in [0, 0.05) is 15.5 Å². The maximum Gasteiger partial charge on any atom is 0.138 e. The van der Waals surface area contributed by atoms with Crippen LogP contribution in [0, 0.1) is 0 Å². The van der Waals surface area contributed by atoms with Gasteiger partial charge in [0.25, 0.3) is 0 Å². The van der Waals surface area contributed by atoms with Crippen LogP contribution in [0.2, 0.25) is 5.02 Å². The lowest BCUT2D eigenvalue weighted by atomic mass is 10.1. The van der Waals surface area contributed by atoms with E-state index in [0.717, 1.165) is 14.5 Å². The smallest absolute Gasteiger partial charge is 0.138 e. The van der Waals surface area contributed by atoms with Crippen molar-refractivity contribution in [1.29, 1.82) is 0 Å². The average Bonchev–Trinajstić information content (AvgIpc) is 2.38. The van der Waals surface area contributed by atoms with Crippen LogP contribution in [0.15, 0.2) is 51.4 Å².